The summed E-state index contributed by atoms with van der Waals surface area (Å²) in [6, 6.07) is 20.7. The van der Waals surface area contributed by atoms with Crippen molar-refractivity contribution in [3.05, 3.63) is 71.8 Å². The summed E-state index contributed by atoms with van der Waals surface area (Å²) in [7, 11) is 0.950. The molecule has 0 unspecified atom stereocenters. The van der Waals surface area contributed by atoms with Gasteiger partial charge in [-0.25, -0.2) is 0 Å². The quantitative estimate of drug-likeness (QED) is 0.788. The minimum absolute atomic E-state index is 0.0652. The Morgan fingerprint density at radius 2 is 1.35 bits per heavy atom. The Labute approximate surface area is 122 Å². The smallest absolute Gasteiger partial charge is 0.0751 e. The topological polar surface area (TPSA) is 23.5 Å². The van der Waals surface area contributed by atoms with Crippen molar-refractivity contribution in [1.29, 1.82) is 0 Å². The minimum atomic E-state index is 0.0652. The number of benzene rings is 2. The third-order valence-electron chi connectivity index (χ3n) is 3.25. The fourth-order valence-electron chi connectivity index (χ4n) is 2.19. The summed E-state index contributed by atoms with van der Waals surface area (Å²) in [5.41, 5.74) is 2.51. The summed E-state index contributed by atoms with van der Waals surface area (Å²) in [6.07, 6.45) is 3.93. The molecule has 0 aliphatic carbocycles. The van der Waals surface area contributed by atoms with Crippen molar-refractivity contribution < 1.29 is 5.11 Å². The van der Waals surface area contributed by atoms with E-state index in [0.29, 0.717) is 0 Å². The van der Waals surface area contributed by atoms with E-state index in [1.807, 2.05) is 36.4 Å². The molecule has 2 aromatic rings. The van der Waals surface area contributed by atoms with Gasteiger partial charge in [-0.2, -0.15) is 0 Å². The van der Waals surface area contributed by atoms with Gasteiger partial charge in [-0.05, 0) is 11.1 Å². The van der Waals surface area contributed by atoms with Gasteiger partial charge in [0.1, 0.15) is 0 Å². The van der Waals surface area contributed by atoms with E-state index in [0.717, 1.165) is 21.3 Å². The van der Waals surface area contributed by atoms with Gasteiger partial charge >= 0.3 is 0 Å². The van der Waals surface area contributed by atoms with Gasteiger partial charge in [-0.3, -0.25) is 4.90 Å². The van der Waals surface area contributed by atoms with Gasteiger partial charge in [0, 0.05) is 13.1 Å². The van der Waals surface area contributed by atoms with Crippen LogP contribution >= 0.6 is 8.20 Å². The number of aliphatic hydroxyl groups is 1. The first-order valence-electron chi connectivity index (χ1n) is 6.72. The second-order valence-corrected chi connectivity index (χ2v) is 5.68. The molecule has 0 aliphatic rings. The number of rotatable bonds is 7. The van der Waals surface area contributed by atoms with Crippen molar-refractivity contribution in [3.8, 4) is 0 Å². The van der Waals surface area contributed by atoms with Crippen LogP contribution in [0, 0.1) is 0 Å². The summed E-state index contributed by atoms with van der Waals surface area (Å²) in [6.45, 7) is 1.78. The van der Waals surface area contributed by atoms with Crippen LogP contribution in [0.4, 0.5) is 0 Å². The molecule has 0 spiro atoms. The second kappa shape index (κ2) is 7.96. The molecule has 20 heavy (non-hydrogen) atoms. The molecule has 2 aromatic carbocycles. The lowest BCUT2D eigenvalue weighted by atomic mass is 10.1. The minimum Gasteiger partial charge on any atom is -0.394 e. The number of hydrogen-bond acceptors (Lipinski definition) is 2. The zero-order valence-electron chi connectivity index (χ0n) is 11.5. The van der Waals surface area contributed by atoms with Crippen molar-refractivity contribution in [3.63, 3.8) is 0 Å². The largest absolute Gasteiger partial charge is 0.394 e. The predicted molar refractivity (Wildman–Crippen MR) is 87.0 cm³/mol. The fraction of sp³-hybridized carbons (Fsp3) is 0.235. The van der Waals surface area contributed by atoms with E-state index in [9.17, 15) is 5.11 Å². The molecular weight excluding hydrogens is 265 g/mol. The Kier molecular flexibility index (Phi) is 5.94. The first-order chi connectivity index (χ1) is 9.83. The Hall–Kier alpha value is -1.47. The summed E-state index contributed by atoms with van der Waals surface area (Å²) in [5, 5.41) is 9.56. The van der Waals surface area contributed by atoms with E-state index in [1.165, 1.54) is 11.1 Å². The SMILES string of the molecule is C=P[C@@H](CO)N(Cc1ccccc1)Cc1ccccc1. The number of nitrogens with zero attached hydrogens (tertiary/aromatic N) is 1. The summed E-state index contributed by atoms with van der Waals surface area (Å²) < 4.78 is 0. The van der Waals surface area contributed by atoms with Crippen molar-refractivity contribution in [2.45, 2.75) is 18.9 Å². The van der Waals surface area contributed by atoms with E-state index in [2.05, 4.69) is 35.5 Å². The maximum atomic E-state index is 9.56. The van der Waals surface area contributed by atoms with Crippen LogP contribution < -0.4 is 0 Å². The normalized spacial score (nSPS) is 12.7. The molecule has 0 fully saturated rings. The lowest BCUT2D eigenvalue weighted by molar-refractivity contribution is 0.162. The standard InChI is InChI=1S/C17H20NOP/c1-20-17(14-19)18(12-15-8-4-2-5-9-15)13-16-10-6-3-7-11-16/h2-11,17,19H,1,12-14H2/t17-/m0/s1. The van der Waals surface area contributed by atoms with E-state index in [-0.39, 0.29) is 12.4 Å². The number of hydrogen-bond donors (Lipinski definition) is 1. The first-order valence-corrected chi connectivity index (χ1v) is 7.87. The third kappa shape index (κ3) is 4.28. The Balaban J connectivity index is 2.14. The fourth-order valence-corrected chi connectivity index (χ4v) is 2.70. The van der Waals surface area contributed by atoms with Crippen LogP contribution in [0.3, 0.4) is 0 Å². The van der Waals surface area contributed by atoms with Crippen molar-refractivity contribution in [2.24, 2.45) is 0 Å². The molecule has 0 aromatic heterocycles. The highest BCUT2D eigenvalue weighted by atomic mass is 31.1. The van der Waals surface area contributed by atoms with Gasteiger partial charge in [0.25, 0.3) is 0 Å². The molecule has 1 atom stereocenters. The van der Waals surface area contributed by atoms with Crippen LogP contribution in [-0.4, -0.2) is 28.7 Å². The molecule has 2 nitrogen and oxygen atoms in total. The molecule has 0 bridgehead atoms. The van der Waals surface area contributed by atoms with Crippen LogP contribution in [0.1, 0.15) is 11.1 Å². The lowest BCUT2D eigenvalue weighted by Gasteiger charge is -2.28. The van der Waals surface area contributed by atoms with Crippen molar-refractivity contribution in [1.82, 2.24) is 4.90 Å². The Bertz CT molecular complexity index is 474. The molecule has 0 radical (unpaired) electrons. The van der Waals surface area contributed by atoms with Gasteiger partial charge in [0.05, 0.1) is 12.4 Å². The van der Waals surface area contributed by atoms with Crippen LogP contribution in [-0.2, 0) is 13.1 Å². The second-order valence-electron chi connectivity index (χ2n) is 4.72. The number of aliphatic hydroxyl groups excluding tert-OH is 1. The molecule has 3 heteroatoms. The van der Waals surface area contributed by atoms with Crippen molar-refractivity contribution in [2.75, 3.05) is 6.61 Å². The van der Waals surface area contributed by atoms with E-state index < -0.39 is 0 Å². The molecule has 0 aliphatic heterocycles. The van der Waals surface area contributed by atoms with Crippen LogP contribution in [0.5, 0.6) is 0 Å². The Morgan fingerprint density at radius 1 is 0.900 bits per heavy atom. The maximum absolute atomic E-state index is 9.56. The van der Waals surface area contributed by atoms with E-state index >= 15 is 0 Å². The lowest BCUT2D eigenvalue weighted by Crippen LogP contribution is -2.33. The summed E-state index contributed by atoms with van der Waals surface area (Å²) >= 11 is 0. The molecule has 0 amide bonds. The third-order valence-corrected chi connectivity index (χ3v) is 4.16. The van der Waals surface area contributed by atoms with Crippen molar-refractivity contribution >= 4 is 14.5 Å². The maximum Gasteiger partial charge on any atom is 0.0751 e. The summed E-state index contributed by atoms with van der Waals surface area (Å²) in [4.78, 5) is 2.28. The summed E-state index contributed by atoms with van der Waals surface area (Å²) in [5.74, 6) is 0.0652. The molecule has 0 heterocycles. The van der Waals surface area contributed by atoms with E-state index in [4.69, 9.17) is 0 Å². The van der Waals surface area contributed by atoms with Gasteiger partial charge in [-0.15, -0.1) is 0 Å². The highest BCUT2D eigenvalue weighted by Crippen LogP contribution is 2.19. The zero-order chi connectivity index (χ0) is 14.2. The highest BCUT2D eigenvalue weighted by molar-refractivity contribution is 7.37. The first kappa shape index (κ1) is 14.9. The van der Waals surface area contributed by atoms with Crippen LogP contribution in [0.15, 0.2) is 60.7 Å². The molecule has 1 N–H and O–H groups in total. The van der Waals surface area contributed by atoms with Gasteiger partial charge in [0.2, 0.25) is 0 Å². The highest BCUT2D eigenvalue weighted by Gasteiger charge is 2.15. The predicted octanol–water partition coefficient (Wildman–Crippen LogP) is 3.39. The van der Waals surface area contributed by atoms with Crippen LogP contribution in [0.2, 0.25) is 0 Å². The van der Waals surface area contributed by atoms with Gasteiger partial charge in [0.15, 0.2) is 0 Å². The average molecular weight is 285 g/mol. The van der Waals surface area contributed by atoms with Gasteiger partial charge < -0.3 is 5.11 Å². The molecule has 104 valence electrons. The molecule has 0 saturated heterocycles. The van der Waals surface area contributed by atoms with E-state index in [1.54, 1.807) is 0 Å². The monoisotopic (exact) mass is 285 g/mol. The average Bonchev–Trinajstić information content (AvgIpc) is 2.50. The van der Waals surface area contributed by atoms with Crippen LogP contribution in [0.25, 0.3) is 0 Å². The van der Waals surface area contributed by atoms with Gasteiger partial charge in [-0.1, -0.05) is 75.2 Å². The Morgan fingerprint density at radius 3 is 1.70 bits per heavy atom. The molecule has 2 rings (SSSR count). The molecular formula is C17H20NOP. The molecule has 0 saturated carbocycles. The zero-order valence-corrected chi connectivity index (χ0v) is 12.4.